The molecule has 1 saturated heterocycles. The van der Waals surface area contributed by atoms with Gasteiger partial charge in [0.05, 0.1) is 5.69 Å². The molecule has 1 heterocycles. The number of nitrogens with zero attached hydrogens (tertiary/aromatic N) is 1. The standard InChI is InChI=1S/C18H27FN2/c1-2-15(20)12-14-7-5-8-16(19)18(14)21-11-10-13-6-3-4-9-17(13)21/h5,7-8,13,15,17H,2-4,6,9-12,20H2,1H3. The zero-order valence-corrected chi connectivity index (χ0v) is 13.0. The Hall–Kier alpha value is -1.09. The molecular formula is C18H27FN2. The summed E-state index contributed by atoms with van der Waals surface area (Å²) in [4.78, 5) is 2.36. The molecule has 3 unspecified atom stereocenters. The van der Waals surface area contributed by atoms with Crippen LogP contribution in [0, 0.1) is 11.7 Å². The minimum Gasteiger partial charge on any atom is -0.366 e. The van der Waals surface area contributed by atoms with Crippen LogP contribution in [0.1, 0.15) is 51.0 Å². The number of benzene rings is 1. The third kappa shape index (κ3) is 2.94. The van der Waals surface area contributed by atoms with Gasteiger partial charge in [0, 0.05) is 18.6 Å². The molecule has 3 rings (SSSR count). The van der Waals surface area contributed by atoms with Gasteiger partial charge in [0.25, 0.3) is 0 Å². The lowest BCUT2D eigenvalue weighted by molar-refractivity contribution is 0.341. The number of hydrogen-bond acceptors (Lipinski definition) is 2. The van der Waals surface area contributed by atoms with Crippen LogP contribution in [0.2, 0.25) is 0 Å². The molecule has 1 aromatic carbocycles. The number of anilines is 1. The maximum atomic E-state index is 14.5. The zero-order valence-electron chi connectivity index (χ0n) is 13.0. The average Bonchev–Trinajstić information content (AvgIpc) is 2.91. The number of rotatable bonds is 4. The molecule has 21 heavy (non-hydrogen) atoms. The highest BCUT2D eigenvalue weighted by Gasteiger charge is 2.37. The normalized spacial score (nSPS) is 26.7. The van der Waals surface area contributed by atoms with E-state index in [1.54, 1.807) is 6.07 Å². The minimum absolute atomic E-state index is 0.0676. The van der Waals surface area contributed by atoms with Crippen molar-refractivity contribution in [1.82, 2.24) is 0 Å². The predicted octanol–water partition coefficient (Wildman–Crippen LogP) is 3.87. The first-order valence-electron chi connectivity index (χ1n) is 8.50. The van der Waals surface area contributed by atoms with Gasteiger partial charge >= 0.3 is 0 Å². The molecule has 3 heteroatoms. The molecule has 1 aliphatic heterocycles. The van der Waals surface area contributed by atoms with E-state index in [0.29, 0.717) is 6.04 Å². The van der Waals surface area contributed by atoms with Crippen molar-refractivity contribution in [2.24, 2.45) is 11.7 Å². The van der Waals surface area contributed by atoms with E-state index in [-0.39, 0.29) is 11.9 Å². The first kappa shape index (κ1) is 14.8. The molecule has 1 saturated carbocycles. The fourth-order valence-corrected chi connectivity index (χ4v) is 4.16. The number of para-hydroxylation sites is 1. The van der Waals surface area contributed by atoms with Gasteiger partial charge in [-0.15, -0.1) is 0 Å². The lowest BCUT2D eigenvalue weighted by Crippen LogP contribution is -2.36. The molecule has 0 spiro atoms. The van der Waals surface area contributed by atoms with Crippen LogP contribution in [0.25, 0.3) is 0 Å². The summed E-state index contributed by atoms with van der Waals surface area (Å²) in [5, 5.41) is 0. The van der Waals surface area contributed by atoms with Gasteiger partial charge in [0.2, 0.25) is 0 Å². The summed E-state index contributed by atoms with van der Waals surface area (Å²) in [6.07, 6.45) is 8.10. The van der Waals surface area contributed by atoms with E-state index in [1.807, 2.05) is 6.07 Å². The predicted molar refractivity (Wildman–Crippen MR) is 86.1 cm³/mol. The van der Waals surface area contributed by atoms with Crippen molar-refractivity contribution < 1.29 is 4.39 Å². The van der Waals surface area contributed by atoms with Crippen LogP contribution in [0.15, 0.2) is 18.2 Å². The topological polar surface area (TPSA) is 29.3 Å². The zero-order chi connectivity index (χ0) is 14.8. The van der Waals surface area contributed by atoms with Crippen LogP contribution >= 0.6 is 0 Å². The van der Waals surface area contributed by atoms with Crippen molar-refractivity contribution in [3.8, 4) is 0 Å². The summed E-state index contributed by atoms with van der Waals surface area (Å²) >= 11 is 0. The maximum absolute atomic E-state index is 14.5. The molecule has 2 N–H and O–H groups in total. The van der Waals surface area contributed by atoms with E-state index in [4.69, 9.17) is 5.73 Å². The van der Waals surface area contributed by atoms with Crippen molar-refractivity contribution in [2.45, 2.75) is 64.0 Å². The fraction of sp³-hybridized carbons (Fsp3) is 0.667. The molecule has 1 aromatic rings. The van der Waals surface area contributed by atoms with Gasteiger partial charge in [0.1, 0.15) is 5.82 Å². The highest BCUT2D eigenvalue weighted by molar-refractivity contribution is 5.57. The number of halogens is 1. The summed E-state index contributed by atoms with van der Waals surface area (Å²) in [6, 6.07) is 6.16. The molecule has 2 fully saturated rings. The monoisotopic (exact) mass is 290 g/mol. The van der Waals surface area contributed by atoms with Gasteiger partial charge in [-0.1, -0.05) is 31.9 Å². The Labute approximate surface area is 127 Å². The van der Waals surface area contributed by atoms with Crippen LogP contribution in [0.3, 0.4) is 0 Å². The SMILES string of the molecule is CCC(N)Cc1cccc(F)c1N1CCC2CCCCC21. The van der Waals surface area contributed by atoms with Gasteiger partial charge < -0.3 is 10.6 Å². The third-order valence-electron chi connectivity index (χ3n) is 5.37. The summed E-state index contributed by atoms with van der Waals surface area (Å²) in [5.41, 5.74) is 8.05. The second-order valence-electron chi connectivity index (χ2n) is 6.71. The van der Waals surface area contributed by atoms with E-state index in [1.165, 1.54) is 32.1 Å². The van der Waals surface area contributed by atoms with Crippen LogP contribution in [0.5, 0.6) is 0 Å². The van der Waals surface area contributed by atoms with Crippen LogP contribution in [0.4, 0.5) is 10.1 Å². The van der Waals surface area contributed by atoms with Crippen LogP contribution < -0.4 is 10.6 Å². The quantitative estimate of drug-likeness (QED) is 0.912. The average molecular weight is 290 g/mol. The molecule has 3 atom stereocenters. The van der Waals surface area contributed by atoms with E-state index in [0.717, 1.165) is 36.6 Å². The Morgan fingerprint density at radius 1 is 1.29 bits per heavy atom. The van der Waals surface area contributed by atoms with Crippen molar-refractivity contribution in [1.29, 1.82) is 0 Å². The summed E-state index contributed by atoms with van der Waals surface area (Å²) in [7, 11) is 0. The Bertz CT molecular complexity index is 488. The molecule has 1 aliphatic carbocycles. The van der Waals surface area contributed by atoms with Gasteiger partial charge in [-0.05, 0) is 49.7 Å². The van der Waals surface area contributed by atoms with Crippen LogP contribution in [-0.4, -0.2) is 18.6 Å². The number of fused-ring (bicyclic) bond motifs is 1. The Morgan fingerprint density at radius 3 is 2.90 bits per heavy atom. The lowest BCUT2D eigenvalue weighted by atomic mass is 9.85. The smallest absolute Gasteiger partial charge is 0.146 e. The molecule has 2 nitrogen and oxygen atoms in total. The van der Waals surface area contributed by atoms with E-state index < -0.39 is 0 Å². The molecule has 0 aromatic heterocycles. The van der Waals surface area contributed by atoms with Gasteiger partial charge in [-0.3, -0.25) is 0 Å². The maximum Gasteiger partial charge on any atom is 0.146 e. The van der Waals surface area contributed by atoms with Crippen molar-refractivity contribution in [2.75, 3.05) is 11.4 Å². The Morgan fingerprint density at radius 2 is 2.10 bits per heavy atom. The number of hydrogen-bond donors (Lipinski definition) is 1. The first-order valence-corrected chi connectivity index (χ1v) is 8.50. The highest BCUT2D eigenvalue weighted by Crippen LogP contribution is 2.41. The van der Waals surface area contributed by atoms with E-state index in [2.05, 4.69) is 17.9 Å². The Balaban J connectivity index is 1.90. The van der Waals surface area contributed by atoms with E-state index in [9.17, 15) is 4.39 Å². The van der Waals surface area contributed by atoms with E-state index >= 15 is 0 Å². The second-order valence-corrected chi connectivity index (χ2v) is 6.71. The second kappa shape index (κ2) is 6.35. The molecule has 0 radical (unpaired) electrons. The molecule has 0 amide bonds. The van der Waals surface area contributed by atoms with Crippen molar-refractivity contribution in [3.63, 3.8) is 0 Å². The van der Waals surface area contributed by atoms with Gasteiger partial charge in [0.15, 0.2) is 0 Å². The fourth-order valence-electron chi connectivity index (χ4n) is 4.16. The minimum atomic E-state index is -0.0676. The molecule has 116 valence electrons. The molecule has 2 aliphatic rings. The molecule has 0 bridgehead atoms. The number of nitrogens with two attached hydrogens (primary N) is 1. The first-order chi connectivity index (χ1) is 10.2. The largest absolute Gasteiger partial charge is 0.366 e. The summed E-state index contributed by atoms with van der Waals surface area (Å²) in [5.74, 6) is 0.702. The summed E-state index contributed by atoms with van der Waals surface area (Å²) < 4.78 is 14.5. The lowest BCUT2D eigenvalue weighted by Gasteiger charge is -2.34. The van der Waals surface area contributed by atoms with Crippen molar-refractivity contribution >= 4 is 5.69 Å². The molecular weight excluding hydrogens is 263 g/mol. The Kier molecular flexibility index (Phi) is 4.48. The highest BCUT2D eigenvalue weighted by atomic mass is 19.1. The third-order valence-corrected chi connectivity index (χ3v) is 5.37. The summed E-state index contributed by atoms with van der Waals surface area (Å²) in [6.45, 7) is 3.10. The van der Waals surface area contributed by atoms with Gasteiger partial charge in [-0.2, -0.15) is 0 Å². The van der Waals surface area contributed by atoms with Crippen LogP contribution in [-0.2, 0) is 6.42 Å². The van der Waals surface area contributed by atoms with Crippen molar-refractivity contribution in [3.05, 3.63) is 29.6 Å². The van der Waals surface area contributed by atoms with Gasteiger partial charge in [-0.25, -0.2) is 4.39 Å².